The highest BCUT2D eigenvalue weighted by Gasteiger charge is 2.18. The zero-order valence-electron chi connectivity index (χ0n) is 9.53. The number of rotatable bonds is 8. The maximum atomic E-state index is 11.2. The number of aliphatic carboxylic acids is 1. The maximum absolute atomic E-state index is 11.2. The van der Waals surface area contributed by atoms with Crippen LogP contribution >= 0.6 is 0 Å². The highest BCUT2D eigenvalue weighted by molar-refractivity contribution is 5.82. The predicted octanol–water partition coefficient (Wildman–Crippen LogP) is 0.311. The fourth-order valence-electron chi connectivity index (χ4n) is 1.17. The Morgan fingerprint density at radius 1 is 1.31 bits per heavy atom. The number of aliphatic hydroxyl groups excluding tert-OH is 1. The fraction of sp³-hybridized carbons (Fsp3) is 0.800. The molecule has 1 atom stereocenters. The van der Waals surface area contributed by atoms with Gasteiger partial charge in [0.15, 0.2) is 0 Å². The summed E-state index contributed by atoms with van der Waals surface area (Å²) in [5.74, 6) is -1.14. The Bertz CT molecular complexity index is 221. The molecule has 0 unspecified atom stereocenters. The van der Waals surface area contributed by atoms with Gasteiger partial charge < -0.3 is 20.8 Å². The molecule has 0 aliphatic rings. The highest BCUT2D eigenvalue weighted by Crippen LogP contribution is 1.93. The Hall–Kier alpha value is -1.30. The third-order valence-electron chi connectivity index (χ3n) is 2.09. The number of unbranched alkanes of at least 4 members (excludes halogenated alkanes) is 2. The molecule has 0 bridgehead atoms. The van der Waals surface area contributed by atoms with Gasteiger partial charge in [0, 0.05) is 19.6 Å². The second kappa shape index (κ2) is 8.96. The van der Waals surface area contributed by atoms with Crippen molar-refractivity contribution in [2.75, 3.05) is 13.2 Å². The zero-order valence-corrected chi connectivity index (χ0v) is 9.53. The van der Waals surface area contributed by atoms with Crippen molar-refractivity contribution < 1.29 is 19.8 Å². The van der Waals surface area contributed by atoms with Crippen LogP contribution in [0.3, 0.4) is 0 Å². The number of carbonyl (C=O) groups is 2. The van der Waals surface area contributed by atoms with Crippen molar-refractivity contribution in [2.24, 2.45) is 0 Å². The lowest BCUT2D eigenvalue weighted by molar-refractivity contribution is -0.139. The van der Waals surface area contributed by atoms with Crippen molar-refractivity contribution in [2.45, 2.75) is 38.6 Å². The molecule has 0 heterocycles. The van der Waals surface area contributed by atoms with E-state index in [0.29, 0.717) is 6.54 Å². The van der Waals surface area contributed by atoms with Gasteiger partial charge in [-0.2, -0.15) is 0 Å². The van der Waals surface area contributed by atoms with Crippen LogP contribution in [-0.2, 0) is 4.79 Å². The van der Waals surface area contributed by atoms with Crippen molar-refractivity contribution in [3.05, 3.63) is 0 Å². The minimum atomic E-state index is -1.14. The summed E-state index contributed by atoms with van der Waals surface area (Å²) < 4.78 is 0. The van der Waals surface area contributed by atoms with Gasteiger partial charge >= 0.3 is 12.0 Å². The molecule has 94 valence electrons. The Morgan fingerprint density at radius 3 is 2.50 bits per heavy atom. The second-order valence-electron chi connectivity index (χ2n) is 3.51. The molecule has 0 aromatic heterocycles. The summed E-state index contributed by atoms with van der Waals surface area (Å²) in [5.41, 5.74) is 0. The smallest absolute Gasteiger partial charge is 0.326 e. The summed E-state index contributed by atoms with van der Waals surface area (Å²) in [6, 6.07) is -1.53. The number of amides is 2. The lowest BCUT2D eigenvalue weighted by atomic mass is 10.2. The van der Waals surface area contributed by atoms with E-state index in [1.807, 2.05) is 0 Å². The van der Waals surface area contributed by atoms with Crippen LogP contribution in [0, 0.1) is 0 Å². The quantitative estimate of drug-likeness (QED) is 0.453. The second-order valence-corrected chi connectivity index (χ2v) is 3.51. The first-order valence-electron chi connectivity index (χ1n) is 5.49. The summed E-state index contributed by atoms with van der Waals surface area (Å²) in [7, 11) is 0. The van der Waals surface area contributed by atoms with Gasteiger partial charge in [-0.1, -0.05) is 19.8 Å². The molecule has 16 heavy (non-hydrogen) atoms. The van der Waals surface area contributed by atoms with Crippen molar-refractivity contribution in [3.8, 4) is 0 Å². The van der Waals surface area contributed by atoms with E-state index in [0.717, 1.165) is 19.3 Å². The molecule has 4 N–H and O–H groups in total. The van der Waals surface area contributed by atoms with Gasteiger partial charge in [0.05, 0.1) is 0 Å². The van der Waals surface area contributed by atoms with E-state index in [-0.39, 0.29) is 13.0 Å². The minimum absolute atomic E-state index is 0.0116. The van der Waals surface area contributed by atoms with Crippen molar-refractivity contribution in [1.29, 1.82) is 0 Å². The third-order valence-corrected chi connectivity index (χ3v) is 2.09. The van der Waals surface area contributed by atoms with Gasteiger partial charge in [0.25, 0.3) is 0 Å². The molecule has 0 aliphatic heterocycles. The SMILES string of the molecule is CCCCCNC(=O)N[C@H](CCO)C(=O)O. The Labute approximate surface area is 95.0 Å². The first-order valence-corrected chi connectivity index (χ1v) is 5.49. The molecule has 0 spiro atoms. The van der Waals surface area contributed by atoms with Crippen molar-refractivity contribution >= 4 is 12.0 Å². The van der Waals surface area contributed by atoms with E-state index < -0.39 is 18.0 Å². The standard InChI is InChI=1S/C10H20N2O4/c1-2-3-4-6-11-10(16)12-8(5-7-13)9(14)15/h8,13H,2-7H2,1H3,(H,14,15)(H2,11,12,16)/t8-/m1/s1. The van der Waals surface area contributed by atoms with E-state index in [2.05, 4.69) is 17.6 Å². The monoisotopic (exact) mass is 232 g/mol. The first-order chi connectivity index (χ1) is 7.61. The Kier molecular flexibility index (Phi) is 8.24. The van der Waals surface area contributed by atoms with E-state index in [1.165, 1.54) is 0 Å². The van der Waals surface area contributed by atoms with Crippen LogP contribution in [-0.4, -0.2) is 41.4 Å². The summed E-state index contributed by atoms with van der Waals surface area (Å²) in [5, 5.41) is 22.2. The highest BCUT2D eigenvalue weighted by atomic mass is 16.4. The molecule has 0 saturated carbocycles. The average Bonchev–Trinajstić information content (AvgIpc) is 2.23. The molecule has 0 rings (SSSR count). The number of aliphatic hydroxyl groups is 1. The molecule has 0 fully saturated rings. The minimum Gasteiger partial charge on any atom is -0.480 e. The van der Waals surface area contributed by atoms with Gasteiger partial charge in [0.2, 0.25) is 0 Å². The molecule has 6 nitrogen and oxygen atoms in total. The fourth-order valence-corrected chi connectivity index (χ4v) is 1.17. The van der Waals surface area contributed by atoms with Crippen LogP contribution in [0.2, 0.25) is 0 Å². The van der Waals surface area contributed by atoms with Crippen LogP contribution in [0.4, 0.5) is 4.79 Å². The Balaban J connectivity index is 3.77. The topological polar surface area (TPSA) is 98.7 Å². The average molecular weight is 232 g/mol. The number of carboxylic acids is 1. The predicted molar refractivity (Wildman–Crippen MR) is 59.2 cm³/mol. The summed E-state index contributed by atoms with van der Waals surface area (Å²) in [6.07, 6.45) is 2.98. The number of urea groups is 1. The molecule has 0 saturated heterocycles. The van der Waals surface area contributed by atoms with Crippen LogP contribution in [0.15, 0.2) is 0 Å². The lowest BCUT2D eigenvalue weighted by Gasteiger charge is -2.13. The third kappa shape index (κ3) is 7.05. The molecule has 0 aliphatic carbocycles. The van der Waals surface area contributed by atoms with E-state index >= 15 is 0 Å². The van der Waals surface area contributed by atoms with Crippen molar-refractivity contribution in [3.63, 3.8) is 0 Å². The van der Waals surface area contributed by atoms with Gasteiger partial charge in [-0.05, 0) is 6.42 Å². The van der Waals surface area contributed by atoms with E-state index in [4.69, 9.17) is 10.2 Å². The maximum Gasteiger partial charge on any atom is 0.326 e. The van der Waals surface area contributed by atoms with Crippen LogP contribution < -0.4 is 10.6 Å². The van der Waals surface area contributed by atoms with Crippen molar-refractivity contribution in [1.82, 2.24) is 10.6 Å². The number of hydrogen-bond acceptors (Lipinski definition) is 3. The number of hydrogen-bond donors (Lipinski definition) is 4. The molecule has 6 heteroatoms. The molecule has 0 radical (unpaired) electrons. The summed E-state index contributed by atoms with van der Waals surface area (Å²) in [4.78, 5) is 21.9. The molecular formula is C10H20N2O4. The molecule has 2 amide bonds. The molecule has 0 aromatic rings. The Morgan fingerprint density at radius 2 is 2.00 bits per heavy atom. The van der Waals surface area contributed by atoms with Crippen LogP contribution in [0.5, 0.6) is 0 Å². The van der Waals surface area contributed by atoms with Gasteiger partial charge in [-0.25, -0.2) is 9.59 Å². The van der Waals surface area contributed by atoms with E-state index in [9.17, 15) is 9.59 Å². The molecular weight excluding hydrogens is 212 g/mol. The summed E-state index contributed by atoms with van der Waals surface area (Å²) >= 11 is 0. The first kappa shape index (κ1) is 14.7. The zero-order chi connectivity index (χ0) is 12.4. The van der Waals surface area contributed by atoms with Crippen LogP contribution in [0.1, 0.15) is 32.6 Å². The normalized spacial score (nSPS) is 11.9. The lowest BCUT2D eigenvalue weighted by Crippen LogP contribution is -2.46. The van der Waals surface area contributed by atoms with E-state index in [1.54, 1.807) is 0 Å². The number of nitrogens with one attached hydrogen (secondary N) is 2. The number of carbonyl (C=O) groups excluding carboxylic acids is 1. The largest absolute Gasteiger partial charge is 0.480 e. The van der Waals surface area contributed by atoms with Gasteiger partial charge in [-0.15, -0.1) is 0 Å². The van der Waals surface area contributed by atoms with Crippen LogP contribution in [0.25, 0.3) is 0 Å². The molecule has 0 aromatic carbocycles. The van der Waals surface area contributed by atoms with Gasteiger partial charge in [-0.3, -0.25) is 0 Å². The number of carboxylic acid groups (broad SMARTS) is 1. The summed E-state index contributed by atoms with van der Waals surface area (Å²) in [6.45, 7) is 2.32. The van der Waals surface area contributed by atoms with Gasteiger partial charge in [0.1, 0.15) is 6.04 Å².